The highest BCUT2D eigenvalue weighted by Gasteiger charge is 2.11. The fraction of sp³-hybridized carbons (Fsp3) is 0.200. The molecule has 0 unspecified atom stereocenters. The summed E-state index contributed by atoms with van der Waals surface area (Å²) in [4.78, 5) is 19.1. The minimum atomic E-state index is -0.156. The van der Waals surface area contributed by atoms with E-state index in [9.17, 15) is 4.79 Å². The Morgan fingerprint density at radius 1 is 1.45 bits per heavy atom. The van der Waals surface area contributed by atoms with E-state index in [4.69, 9.17) is 11.6 Å². The van der Waals surface area contributed by atoms with Crippen LogP contribution < -0.4 is 5.32 Å². The monoisotopic (exact) mass is 334 g/mol. The first-order valence-electron chi connectivity index (χ1n) is 6.77. The van der Waals surface area contributed by atoms with Gasteiger partial charge in [-0.3, -0.25) is 4.40 Å². The molecule has 114 valence electrons. The Bertz CT molecular complexity index is 769. The van der Waals surface area contributed by atoms with Crippen molar-refractivity contribution in [3.05, 3.63) is 58.3 Å². The largest absolute Gasteiger partial charge is 0.332 e. The average Bonchev–Trinajstić information content (AvgIpc) is 3.08. The number of carbonyl (C=O) groups excluding carboxylic acids is 1. The summed E-state index contributed by atoms with van der Waals surface area (Å²) in [7, 11) is 1.74. The van der Waals surface area contributed by atoms with Crippen molar-refractivity contribution < 1.29 is 4.79 Å². The Morgan fingerprint density at radius 3 is 3.05 bits per heavy atom. The molecule has 22 heavy (non-hydrogen) atoms. The first kappa shape index (κ1) is 14.9. The van der Waals surface area contributed by atoms with E-state index in [0.29, 0.717) is 18.1 Å². The zero-order valence-corrected chi connectivity index (χ0v) is 13.6. The number of hydrogen-bond acceptors (Lipinski definition) is 3. The number of hydrogen-bond donors (Lipinski definition) is 1. The Kier molecular flexibility index (Phi) is 4.31. The normalized spacial score (nSPS) is 10.8. The van der Waals surface area contributed by atoms with Gasteiger partial charge in [-0.15, -0.1) is 11.3 Å². The Balaban J connectivity index is 1.57. The third kappa shape index (κ3) is 3.23. The molecular formula is C15H15ClN4OS. The fourth-order valence-electron chi connectivity index (χ4n) is 2.12. The number of amides is 2. The van der Waals surface area contributed by atoms with Crippen LogP contribution in [0.2, 0.25) is 5.02 Å². The van der Waals surface area contributed by atoms with Crippen molar-refractivity contribution in [1.29, 1.82) is 0 Å². The number of benzene rings is 1. The summed E-state index contributed by atoms with van der Waals surface area (Å²) in [6, 6.07) is 7.35. The molecule has 1 aromatic carbocycles. The summed E-state index contributed by atoms with van der Waals surface area (Å²) in [6.45, 7) is 0.865. The molecule has 3 aromatic rings. The number of imidazole rings is 1. The van der Waals surface area contributed by atoms with Crippen molar-refractivity contribution in [3.8, 4) is 0 Å². The van der Waals surface area contributed by atoms with Gasteiger partial charge in [0.05, 0.1) is 12.2 Å². The minimum absolute atomic E-state index is 0.156. The summed E-state index contributed by atoms with van der Waals surface area (Å²) in [6.07, 6.45) is 3.86. The smallest absolute Gasteiger partial charge is 0.317 e. The maximum absolute atomic E-state index is 12.1. The maximum atomic E-state index is 12.1. The first-order chi connectivity index (χ1) is 10.6. The highest BCUT2D eigenvalue weighted by molar-refractivity contribution is 7.15. The molecule has 0 saturated heterocycles. The van der Waals surface area contributed by atoms with E-state index in [0.717, 1.165) is 16.2 Å². The second kappa shape index (κ2) is 6.37. The zero-order valence-electron chi connectivity index (χ0n) is 12.0. The lowest BCUT2D eigenvalue weighted by atomic mass is 10.2. The highest BCUT2D eigenvalue weighted by atomic mass is 35.5. The number of thiazole rings is 1. The van der Waals surface area contributed by atoms with E-state index < -0.39 is 0 Å². The molecule has 5 nitrogen and oxygen atoms in total. The number of nitrogens with one attached hydrogen (secondary N) is 1. The first-order valence-corrected chi connectivity index (χ1v) is 8.02. The van der Waals surface area contributed by atoms with Gasteiger partial charge < -0.3 is 10.2 Å². The van der Waals surface area contributed by atoms with Crippen molar-refractivity contribution in [1.82, 2.24) is 19.6 Å². The topological polar surface area (TPSA) is 49.6 Å². The SMILES string of the molecule is CN(Cc1ccccc1Cl)C(=O)NCc1cn2ccsc2n1. The zero-order chi connectivity index (χ0) is 15.5. The number of rotatable bonds is 4. The quantitative estimate of drug-likeness (QED) is 0.795. The van der Waals surface area contributed by atoms with E-state index in [1.807, 2.05) is 46.4 Å². The molecule has 0 bridgehead atoms. The third-order valence-electron chi connectivity index (χ3n) is 3.28. The number of halogens is 1. The van der Waals surface area contributed by atoms with Crippen LogP contribution >= 0.6 is 22.9 Å². The van der Waals surface area contributed by atoms with Crippen molar-refractivity contribution in [3.63, 3.8) is 0 Å². The van der Waals surface area contributed by atoms with Crippen LogP contribution in [0.3, 0.4) is 0 Å². The Morgan fingerprint density at radius 2 is 2.27 bits per heavy atom. The van der Waals surface area contributed by atoms with Crippen molar-refractivity contribution in [2.75, 3.05) is 7.05 Å². The lowest BCUT2D eigenvalue weighted by Crippen LogP contribution is -2.36. The Labute approximate surface area is 137 Å². The Hall–Kier alpha value is -2.05. The van der Waals surface area contributed by atoms with Gasteiger partial charge in [0, 0.05) is 36.4 Å². The molecule has 3 rings (SSSR count). The van der Waals surface area contributed by atoms with Crippen LogP contribution in [0.15, 0.2) is 42.0 Å². The van der Waals surface area contributed by atoms with E-state index in [-0.39, 0.29) is 6.03 Å². The number of carbonyl (C=O) groups is 1. The molecule has 0 spiro atoms. The molecule has 7 heteroatoms. The molecule has 2 amide bonds. The second-order valence-electron chi connectivity index (χ2n) is 4.93. The molecule has 2 aromatic heterocycles. The van der Waals surface area contributed by atoms with Crippen molar-refractivity contribution >= 4 is 33.9 Å². The van der Waals surface area contributed by atoms with Gasteiger partial charge in [-0.1, -0.05) is 29.8 Å². The van der Waals surface area contributed by atoms with E-state index in [2.05, 4.69) is 10.3 Å². The highest BCUT2D eigenvalue weighted by Crippen LogP contribution is 2.16. The van der Waals surface area contributed by atoms with Gasteiger partial charge in [0.1, 0.15) is 0 Å². The summed E-state index contributed by atoms with van der Waals surface area (Å²) < 4.78 is 1.94. The number of nitrogens with zero attached hydrogens (tertiary/aromatic N) is 3. The summed E-state index contributed by atoms with van der Waals surface area (Å²) in [5.74, 6) is 0. The predicted octanol–water partition coefficient (Wildman–Crippen LogP) is 3.39. The molecule has 1 N–H and O–H groups in total. The second-order valence-corrected chi connectivity index (χ2v) is 6.21. The van der Waals surface area contributed by atoms with Gasteiger partial charge in [-0.2, -0.15) is 0 Å². The van der Waals surface area contributed by atoms with Gasteiger partial charge in [0.25, 0.3) is 0 Å². The summed E-state index contributed by atoms with van der Waals surface area (Å²) in [5.41, 5.74) is 1.76. The van der Waals surface area contributed by atoms with Crippen LogP contribution in [0, 0.1) is 0 Å². The van der Waals surface area contributed by atoms with E-state index in [1.165, 1.54) is 0 Å². The van der Waals surface area contributed by atoms with Gasteiger partial charge >= 0.3 is 6.03 Å². The molecule has 2 heterocycles. The molecule has 0 aliphatic heterocycles. The van der Waals surface area contributed by atoms with Crippen LogP contribution in [0.5, 0.6) is 0 Å². The number of fused-ring (bicyclic) bond motifs is 1. The van der Waals surface area contributed by atoms with Crippen molar-refractivity contribution in [2.24, 2.45) is 0 Å². The lowest BCUT2D eigenvalue weighted by Gasteiger charge is -2.18. The summed E-state index contributed by atoms with van der Waals surface area (Å²) >= 11 is 7.67. The van der Waals surface area contributed by atoms with Crippen LogP contribution in [0.25, 0.3) is 4.96 Å². The van der Waals surface area contributed by atoms with Crippen molar-refractivity contribution in [2.45, 2.75) is 13.1 Å². The van der Waals surface area contributed by atoms with Crippen LogP contribution in [0.1, 0.15) is 11.3 Å². The van der Waals surface area contributed by atoms with E-state index in [1.54, 1.807) is 23.3 Å². The van der Waals surface area contributed by atoms with Gasteiger partial charge in [-0.25, -0.2) is 9.78 Å². The average molecular weight is 335 g/mol. The standard InChI is InChI=1S/C15H15ClN4OS/c1-19(9-11-4-2-3-5-13(11)16)14(21)17-8-12-10-20-6-7-22-15(20)18-12/h2-7,10H,8-9H2,1H3,(H,17,21). The molecule has 0 radical (unpaired) electrons. The van der Waals surface area contributed by atoms with Crippen LogP contribution in [0.4, 0.5) is 4.79 Å². The minimum Gasteiger partial charge on any atom is -0.332 e. The lowest BCUT2D eigenvalue weighted by molar-refractivity contribution is 0.206. The molecular weight excluding hydrogens is 320 g/mol. The molecule has 0 atom stereocenters. The van der Waals surface area contributed by atoms with Gasteiger partial charge in [0.15, 0.2) is 4.96 Å². The van der Waals surface area contributed by atoms with E-state index >= 15 is 0 Å². The number of urea groups is 1. The number of aromatic nitrogens is 2. The van der Waals surface area contributed by atoms with Gasteiger partial charge in [0.2, 0.25) is 0 Å². The van der Waals surface area contributed by atoms with Crippen LogP contribution in [-0.2, 0) is 13.1 Å². The third-order valence-corrected chi connectivity index (χ3v) is 4.42. The maximum Gasteiger partial charge on any atom is 0.317 e. The molecule has 0 aliphatic rings. The fourth-order valence-corrected chi connectivity index (χ4v) is 3.03. The molecule has 0 fully saturated rings. The molecule has 0 aliphatic carbocycles. The van der Waals surface area contributed by atoms with Gasteiger partial charge in [-0.05, 0) is 11.6 Å². The molecule has 0 saturated carbocycles. The van der Waals surface area contributed by atoms with Crippen LogP contribution in [-0.4, -0.2) is 27.4 Å². The summed E-state index contributed by atoms with van der Waals surface area (Å²) in [5, 5.41) is 5.50. The predicted molar refractivity (Wildman–Crippen MR) is 88.2 cm³/mol.